The topological polar surface area (TPSA) is 85.1 Å². The van der Waals surface area contributed by atoms with Gasteiger partial charge in [-0.1, -0.05) is 6.07 Å². The van der Waals surface area contributed by atoms with Crippen LogP contribution in [0.15, 0.2) is 35.3 Å². The van der Waals surface area contributed by atoms with Crippen molar-refractivity contribution in [2.45, 2.75) is 13.5 Å². The maximum atomic E-state index is 11.7. The zero-order chi connectivity index (χ0) is 13.1. The molecule has 92 valence electrons. The molecule has 0 spiro atoms. The Morgan fingerprint density at radius 2 is 2.17 bits per heavy atom. The van der Waals surface area contributed by atoms with E-state index in [1.54, 1.807) is 31.3 Å². The summed E-state index contributed by atoms with van der Waals surface area (Å²) in [6.07, 6.45) is 1.58. The van der Waals surface area contributed by atoms with Crippen molar-refractivity contribution in [3.8, 4) is 11.4 Å². The van der Waals surface area contributed by atoms with Crippen molar-refractivity contribution >= 4 is 5.97 Å². The van der Waals surface area contributed by atoms with Crippen LogP contribution in [0.2, 0.25) is 0 Å². The van der Waals surface area contributed by atoms with Gasteiger partial charge >= 0.3 is 5.97 Å². The molecular formula is C12H11N3O3. The van der Waals surface area contributed by atoms with Crippen LogP contribution >= 0.6 is 0 Å². The third-order valence-electron chi connectivity index (χ3n) is 2.43. The Hall–Kier alpha value is -2.50. The van der Waals surface area contributed by atoms with Gasteiger partial charge in [0.2, 0.25) is 0 Å². The summed E-state index contributed by atoms with van der Waals surface area (Å²) >= 11 is 0. The van der Waals surface area contributed by atoms with E-state index < -0.39 is 11.5 Å². The first-order valence-electron chi connectivity index (χ1n) is 5.40. The molecule has 0 amide bonds. The van der Waals surface area contributed by atoms with Crippen molar-refractivity contribution in [1.82, 2.24) is 14.8 Å². The lowest BCUT2D eigenvalue weighted by molar-refractivity contribution is 0.0694. The smallest absolute Gasteiger partial charge is 0.341 e. The van der Waals surface area contributed by atoms with Gasteiger partial charge < -0.3 is 5.11 Å². The highest BCUT2D eigenvalue weighted by Gasteiger charge is 2.14. The zero-order valence-corrected chi connectivity index (χ0v) is 9.70. The molecule has 2 rings (SSSR count). The molecule has 2 heterocycles. The summed E-state index contributed by atoms with van der Waals surface area (Å²) in [5.41, 5.74) is -0.00571. The number of hydrogen-bond acceptors (Lipinski definition) is 4. The van der Waals surface area contributed by atoms with E-state index in [1.165, 1.54) is 6.07 Å². The van der Waals surface area contributed by atoms with Crippen molar-refractivity contribution in [3.05, 3.63) is 46.4 Å². The molecule has 18 heavy (non-hydrogen) atoms. The van der Waals surface area contributed by atoms with Crippen LogP contribution in [-0.4, -0.2) is 25.8 Å². The molecule has 0 bridgehead atoms. The SMILES string of the molecule is CCn1nc(-c2ccccn2)cc(C(=O)O)c1=O. The van der Waals surface area contributed by atoms with Crippen LogP contribution in [0, 0.1) is 0 Å². The van der Waals surface area contributed by atoms with Gasteiger partial charge in [-0.05, 0) is 25.1 Å². The van der Waals surface area contributed by atoms with E-state index in [0.717, 1.165) is 4.68 Å². The molecule has 1 N–H and O–H groups in total. The number of nitrogens with zero attached hydrogens (tertiary/aromatic N) is 3. The Morgan fingerprint density at radius 3 is 2.72 bits per heavy atom. The van der Waals surface area contributed by atoms with E-state index in [0.29, 0.717) is 17.9 Å². The molecule has 6 nitrogen and oxygen atoms in total. The number of carbonyl (C=O) groups is 1. The lowest BCUT2D eigenvalue weighted by atomic mass is 10.2. The molecule has 0 aliphatic heterocycles. The number of aryl methyl sites for hydroxylation is 1. The molecule has 0 aromatic carbocycles. The molecule has 2 aromatic heterocycles. The van der Waals surface area contributed by atoms with Gasteiger partial charge in [0.25, 0.3) is 5.56 Å². The predicted molar refractivity (Wildman–Crippen MR) is 64.4 cm³/mol. The van der Waals surface area contributed by atoms with Crippen molar-refractivity contribution in [2.75, 3.05) is 0 Å². The number of carboxylic acid groups (broad SMARTS) is 1. The van der Waals surface area contributed by atoms with Crippen LogP contribution in [0.4, 0.5) is 0 Å². The molecule has 6 heteroatoms. The molecule has 0 atom stereocenters. The summed E-state index contributed by atoms with van der Waals surface area (Å²) in [5.74, 6) is -1.26. The summed E-state index contributed by atoms with van der Waals surface area (Å²) < 4.78 is 1.12. The fourth-order valence-corrected chi connectivity index (χ4v) is 1.55. The quantitative estimate of drug-likeness (QED) is 0.872. The molecule has 0 unspecified atom stereocenters. The molecule has 0 fully saturated rings. The first kappa shape index (κ1) is 12.0. The minimum atomic E-state index is -1.26. The number of carboxylic acids is 1. The van der Waals surface area contributed by atoms with Crippen molar-refractivity contribution in [3.63, 3.8) is 0 Å². The van der Waals surface area contributed by atoms with Gasteiger partial charge in [0, 0.05) is 12.7 Å². The van der Waals surface area contributed by atoms with Crippen molar-refractivity contribution in [2.24, 2.45) is 0 Å². The highest BCUT2D eigenvalue weighted by molar-refractivity contribution is 5.88. The second-order valence-corrected chi connectivity index (χ2v) is 3.58. The first-order chi connectivity index (χ1) is 8.63. The average Bonchev–Trinajstić information content (AvgIpc) is 2.39. The van der Waals surface area contributed by atoms with E-state index in [2.05, 4.69) is 10.1 Å². The molecule has 2 aromatic rings. The lowest BCUT2D eigenvalue weighted by Gasteiger charge is -2.06. The molecule has 0 saturated carbocycles. The zero-order valence-electron chi connectivity index (χ0n) is 9.70. The number of rotatable bonds is 3. The normalized spacial score (nSPS) is 10.3. The van der Waals surface area contributed by atoms with Crippen molar-refractivity contribution in [1.29, 1.82) is 0 Å². The Bertz CT molecular complexity index is 635. The largest absolute Gasteiger partial charge is 0.477 e. The third-order valence-corrected chi connectivity index (χ3v) is 2.43. The highest BCUT2D eigenvalue weighted by atomic mass is 16.4. The van der Waals surface area contributed by atoms with Crippen LogP contribution in [0.3, 0.4) is 0 Å². The fraction of sp³-hybridized carbons (Fsp3) is 0.167. The number of hydrogen-bond donors (Lipinski definition) is 1. The number of pyridine rings is 1. The summed E-state index contributed by atoms with van der Waals surface area (Å²) in [4.78, 5) is 26.8. The molecule has 0 aliphatic carbocycles. The van der Waals surface area contributed by atoms with E-state index >= 15 is 0 Å². The molecule has 0 aliphatic rings. The minimum absolute atomic E-state index is 0.299. The van der Waals surface area contributed by atoms with Gasteiger partial charge in [0.05, 0.1) is 5.69 Å². The second-order valence-electron chi connectivity index (χ2n) is 3.58. The Labute approximate surface area is 103 Å². The monoisotopic (exact) mass is 245 g/mol. The van der Waals surface area contributed by atoms with Gasteiger partial charge in [-0.25, -0.2) is 9.48 Å². The standard InChI is InChI=1S/C12H11N3O3/c1-2-15-11(16)8(12(17)18)7-10(14-15)9-5-3-4-6-13-9/h3-7H,2H2,1H3,(H,17,18). The number of aromatic nitrogens is 3. The summed E-state index contributed by atoms with van der Waals surface area (Å²) in [6.45, 7) is 2.03. The highest BCUT2D eigenvalue weighted by Crippen LogP contribution is 2.12. The van der Waals surface area contributed by atoms with Crippen LogP contribution in [0.1, 0.15) is 17.3 Å². The van der Waals surface area contributed by atoms with Crippen LogP contribution in [-0.2, 0) is 6.54 Å². The van der Waals surface area contributed by atoms with Gasteiger partial charge in [-0.3, -0.25) is 9.78 Å². The Kier molecular flexibility index (Phi) is 3.18. The van der Waals surface area contributed by atoms with Crippen LogP contribution < -0.4 is 5.56 Å². The minimum Gasteiger partial charge on any atom is -0.477 e. The van der Waals surface area contributed by atoms with Crippen molar-refractivity contribution < 1.29 is 9.90 Å². The Balaban J connectivity index is 2.67. The summed E-state index contributed by atoms with van der Waals surface area (Å²) in [5, 5.41) is 13.1. The van der Waals surface area contributed by atoms with Gasteiger partial charge in [-0.15, -0.1) is 0 Å². The first-order valence-corrected chi connectivity index (χ1v) is 5.40. The van der Waals surface area contributed by atoms with Crippen LogP contribution in [0.25, 0.3) is 11.4 Å². The van der Waals surface area contributed by atoms with E-state index in [9.17, 15) is 9.59 Å². The average molecular weight is 245 g/mol. The maximum absolute atomic E-state index is 11.7. The fourth-order valence-electron chi connectivity index (χ4n) is 1.55. The molecule has 0 saturated heterocycles. The second kappa shape index (κ2) is 4.79. The van der Waals surface area contributed by atoms with Gasteiger partial charge in [0.1, 0.15) is 11.3 Å². The third kappa shape index (κ3) is 2.13. The van der Waals surface area contributed by atoms with Gasteiger partial charge in [-0.2, -0.15) is 5.10 Å². The summed E-state index contributed by atoms with van der Waals surface area (Å²) in [6, 6.07) is 6.47. The maximum Gasteiger partial charge on any atom is 0.341 e. The van der Waals surface area contributed by atoms with Gasteiger partial charge in [0.15, 0.2) is 0 Å². The van der Waals surface area contributed by atoms with Crippen LogP contribution in [0.5, 0.6) is 0 Å². The molecule has 0 radical (unpaired) electrons. The van der Waals surface area contributed by atoms with E-state index in [1.807, 2.05) is 0 Å². The Morgan fingerprint density at radius 1 is 1.39 bits per heavy atom. The predicted octanol–water partition coefficient (Wildman–Crippen LogP) is 1.02. The number of aromatic carboxylic acids is 1. The summed E-state index contributed by atoms with van der Waals surface area (Å²) in [7, 11) is 0. The van der Waals surface area contributed by atoms with E-state index in [-0.39, 0.29) is 5.56 Å². The lowest BCUT2D eigenvalue weighted by Crippen LogP contribution is -2.28. The van der Waals surface area contributed by atoms with E-state index in [4.69, 9.17) is 5.11 Å². The molecular weight excluding hydrogens is 234 g/mol.